The Morgan fingerprint density at radius 3 is 2.54 bits per heavy atom. The summed E-state index contributed by atoms with van der Waals surface area (Å²) in [4.78, 5) is 12.5. The molecule has 0 heterocycles. The molecule has 0 aliphatic heterocycles. The molecule has 0 saturated carbocycles. The van der Waals surface area contributed by atoms with E-state index in [9.17, 15) is 13.2 Å². The van der Waals surface area contributed by atoms with Crippen LogP contribution in [-0.4, -0.2) is 46.4 Å². The molecule has 0 radical (unpaired) electrons. The molecule has 152 valence electrons. The zero-order chi connectivity index (χ0) is 20.7. The van der Waals surface area contributed by atoms with E-state index in [1.807, 2.05) is 13.0 Å². The van der Waals surface area contributed by atoms with Crippen LogP contribution in [0.1, 0.15) is 18.9 Å². The van der Waals surface area contributed by atoms with E-state index in [1.165, 1.54) is 27.3 Å². The fourth-order valence-corrected chi connectivity index (χ4v) is 3.58. The lowest BCUT2D eigenvalue weighted by atomic mass is 10.1. The number of sulfonamides is 1. The van der Waals surface area contributed by atoms with Gasteiger partial charge < -0.3 is 14.8 Å². The average molecular weight is 407 g/mol. The van der Waals surface area contributed by atoms with Crippen molar-refractivity contribution in [1.82, 2.24) is 4.31 Å². The molecule has 2 aromatic rings. The first-order valence-electron chi connectivity index (χ1n) is 8.90. The van der Waals surface area contributed by atoms with Crippen LogP contribution >= 0.6 is 0 Å². The molecule has 2 rings (SSSR count). The van der Waals surface area contributed by atoms with Crippen molar-refractivity contribution in [2.75, 3.05) is 33.1 Å². The molecule has 0 aliphatic carbocycles. The Hall–Kier alpha value is -2.58. The van der Waals surface area contributed by atoms with Crippen molar-refractivity contribution in [3.05, 3.63) is 48.0 Å². The summed E-state index contributed by atoms with van der Waals surface area (Å²) in [5.41, 5.74) is 1.30. The van der Waals surface area contributed by atoms with E-state index in [0.29, 0.717) is 35.8 Å². The molecule has 0 saturated heterocycles. The van der Waals surface area contributed by atoms with Crippen LogP contribution in [0.15, 0.2) is 47.4 Å². The molecule has 0 fully saturated rings. The van der Waals surface area contributed by atoms with Crippen LogP contribution in [0.2, 0.25) is 0 Å². The van der Waals surface area contributed by atoms with Crippen LogP contribution < -0.4 is 14.8 Å². The Labute approximate surface area is 166 Å². The first kappa shape index (κ1) is 21.7. The third-order valence-corrected chi connectivity index (χ3v) is 5.89. The minimum absolute atomic E-state index is 0.165. The predicted octanol–water partition coefficient (Wildman–Crippen LogP) is 2.92. The van der Waals surface area contributed by atoms with Crippen LogP contribution in [0, 0.1) is 0 Å². The molecule has 1 amide bonds. The summed E-state index contributed by atoms with van der Waals surface area (Å²) < 4.78 is 36.6. The zero-order valence-electron chi connectivity index (χ0n) is 16.6. The van der Waals surface area contributed by atoms with Gasteiger partial charge in [-0.2, -0.15) is 0 Å². The third kappa shape index (κ3) is 5.46. The van der Waals surface area contributed by atoms with Crippen LogP contribution in [0.3, 0.4) is 0 Å². The van der Waals surface area contributed by atoms with Crippen molar-refractivity contribution in [3.63, 3.8) is 0 Å². The molecule has 1 N–H and O–H groups in total. The maximum absolute atomic E-state index is 12.3. The minimum atomic E-state index is -3.56. The van der Waals surface area contributed by atoms with Crippen molar-refractivity contribution >= 4 is 21.6 Å². The number of nitrogens with zero attached hydrogens (tertiary/aromatic N) is 1. The minimum Gasteiger partial charge on any atom is -0.496 e. The molecule has 0 atom stereocenters. The zero-order valence-corrected chi connectivity index (χ0v) is 17.4. The van der Waals surface area contributed by atoms with E-state index < -0.39 is 10.0 Å². The highest BCUT2D eigenvalue weighted by Crippen LogP contribution is 2.25. The number of methoxy groups -OCH3 is 1. The number of hydrogen-bond donors (Lipinski definition) is 1. The highest BCUT2D eigenvalue weighted by atomic mass is 32.2. The highest BCUT2D eigenvalue weighted by Gasteiger charge is 2.19. The Morgan fingerprint density at radius 1 is 1.14 bits per heavy atom. The van der Waals surface area contributed by atoms with Gasteiger partial charge in [0.25, 0.3) is 0 Å². The van der Waals surface area contributed by atoms with Gasteiger partial charge in [-0.15, -0.1) is 0 Å². The van der Waals surface area contributed by atoms with E-state index in [0.717, 1.165) is 4.31 Å². The van der Waals surface area contributed by atoms with Gasteiger partial charge in [-0.05, 0) is 49.2 Å². The summed E-state index contributed by atoms with van der Waals surface area (Å²) in [6.07, 6.45) is 0.525. The lowest BCUT2D eigenvalue weighted by Gasteiger charge is -2.14. The smallest absolute Gasteiger partial charge is 0.242 e. The van der Waals surface area contributed by atoms with Crippen molar-refractivity contribution in [1.29, 1.82) is 0 Å². The second-order valence-electron chi connectivity index (χ2n) is 6.27. The number of hydrogen-bond acceptors (Lipinski definition) is 5. The number of benzene rings is 2. The number of anilines is 1. The van der Waals surface area contributed by atoms with Crippen molar-refractivity contribution in [2.24, 2.45) is 0 Å². The summed E-state index contributed by atoms with van der Waals surface area (Å²) in [7, 11) is 0.904. The summed E-state index contributed by atoms with van der Waals surface area (Å²) in [6.45, 7) is 2.44. The van der Waals surface area contributed by atoms with E-state index in [2.05, 4.69) is 5.32 Å². The van der Waals surface area contributed by atoms with Crippen LogP contribution in [0.5, 0.6) is 11.5 Å². The summed E-state index contributed by atoms with van der Waals surface area (Å²) in [5.74, 6) is 1.05. The Kier molecular flexibility index (Phi) is 7.42. The maximum Gasteiger partial charge on any atom is 0.242 e. The Balaban J connectivity index is 2.10. The molecule has 0 unspecified atom stereocenters. The van der Waals surface area contributed by atoms with Gasteiger partial charge in [0.2, 0.25) is 15.9 Å². The van der Waals surface area contributed by atoms with Gasteiger partial charge in [-0.3, -0.25) is 4.79 Å². The SMILES string of the molecule is CCOc1cccc(NC(=O)CCc2cc(S(=O)(=O)N(C)C)ccc2OC)c1. The number of carbonyl (C=O) groups excluding carboxylic acids is 1. The molecular formula is C20H26N2O5S. The highest BCUT2D eigenvalue weighted by molar-refractivity contribution is 7.89. The molecule has 7 nitrogen and oxygen atoms in total. The largest absolute Gasteiger partial charge is 0.496 e. The number of carbonyl (C=O) groups is 1. The number of ether oxygens (including phenoxy) is 2. The second-order valence-corrected chi connectivity index (χ2v) is 8.42. The van der Waals surface area contributed by atoms with Gasteiger partial charge in [0, 0.05) is 32.3 Å². The summed E-state index contributed by atoms with van der Waals surface area (Å²) in [5, 5.41) is 2.83. The quantitative estimate of drug-likeness (QED) is 0.692. The Morgan fingerprint density at radius 2 is 1.89 bits per heavy atom. The van der Waals surface area contributed by atoms with Crippen LogP contribution in [0.25, 0.3) is 0 Å². The van der Waals surface area contributed by atoms with Gasteiger partial charge in [0.15, 0.2) is 0 Å². The van der Waals surface area contributed by atoms with Gasteiger partial charge in [0.1, 0.15) is 11.5 Å². The lowest BCUT2D eigenvalue weighted by molar-refractivity contribution is -0.116. The number of aryl methyl sites for hydroxylation is 1. The van der Waals surface area contributed by atoms with Crippen molar-refractivity contribution in [2.45, 2.75) is 24.7 Å². The molecule has 28 heavy (non-hydrogen) atoms. The van der Waals surface area contributed by atoms with E-state index >= 15 is 0 Å². The molecule has 8 heteroatoms. The molecular weight excluding hydrogens is 380 g/mol. The van der Waals surface area contributed by atoms with E-state index in [1.54, 1.807) is 30.3 Å². The standard InChI is InChI=1S/C20H26N2O5S/c1-5-27-17-8-6-7-16(14-17)21-20(23)12-9-15-13-18(10-11-19(15)26-4)28(24,25)22(2)3/h6-8,10-11,13-14H,5,9,12H2,1-4H3,(H,21,23). The van der Waals surface area contributed by atoms with E-state index in [4.69, 9.17) is 9.47 Å². The average Bonchev–Trinajstić information content (AvgIpc) is 2.66. The normalized spacial score (nSPS) is 11.3. The number of rotatable bonds is 9. The van der Waals surface area contributed by atoms with E-state index in [-0.39, 0.29) is 17.2 Å². The fourth-order valence-electron chi connectivity index (χ4n) is 2.62. The maximum atomic E-state index is 12.3. The molecule has 0 aliphatic rings. The topological polar surface area (TPSA) is 84.9 Å². The first-order chi connectivity index (χ1) is 13.3. The number of amides is 1. The molecule has 0 spiro atoms. The van der Waals surface area contributed by atoms with Crippen molar-refractivity contribution in [3.8, 4) is 11.5 Å². The fraction of sp³-hybridized carbons (Fsp3) is 0.350. The number of nitrogens with one attached hydrogen (secondary N) is 1. The molecule has 0 bridgehead atoms. The molecule has 0 aromatic heterocycles. The van der Waals surface area contributed by atoms with Crippen LogP contribution in [0.4, 0.5) is 5.69 Å². The predicted molar refractivity (Wildman–Crippen MR) is 108 cm³/mol. The first-order valence-corrected chi connectivity index (χ1v) is 10.3. The van der Waals surface area contributed by atoms with Gasteiger partial charge in [-0.1, -0.05) is 6.07 Å². The monoisotopic (exact) mass is 406 g/mol. The summed E-state index contributed by atoms with van der Waals surface area (Å²) in [6, 6.07) is 11.8. The lowest BCUT2D eigenvalue weighted by Crippen LogP contribution is -2.22. The summed E-state index contributed by atoms with van der Waals surface area (Å²) >= 11 is 0. The van der Waals surface area contributed by atoms with Gasteiger partial charge in [0.05, 0.1) is 18.6 Å². The van der Waals surface area contributed by atoms with Crippen molar-refractivity contribution < 1.29 is 22.7 Å². The second kappa shape index (κ2) is 9.57. The van der Waals surface area contributed by atoms with Gasteiger partial charge in [-0.25, -0.2) is 12.7 Å². The van der Waals surface area contributed by atoms with Crippen LogP contribution in [-0.2, 0) is 21.2 Å². The Bertz CT molecular complexity index is 926. The molecule has 2 aromatic carbocycles. The van der Waals surface area contributed by atoms with Gasteiger partial charge >= 0.3 is 0 Å². The third-order valence-electron chi connectivity index (χ3n) is 4.08.